The standard InChI is InChI=1S/C17H20N4O2/c1-19-7-4-15(12-16(19)22)17(23)21-10-8-20(9-11-21)13-14-2-5-18-6-3-14/h2-7,12H,8-11,13H2,1H3. The molecule has 23 heavy (non-hydrogen) atoms. The molecule has 3 rings (SSSR count). The van der Waals surface area contributed by atoms with Gasteiger partial charge in [-0.05, 0) is 23.8 Å². The fourth-order valence-electron chi connectivity index (χ4n) is 2.72. The number of rotatable bonds is 3. The van der Waals surface area contributed by atoms with E-state index in [1.807, 2.05) is 17.0 Å². The molecule has 2 aromatic heterocycles. The monoisotopic (exact) mass is 312 g/mol. The van der Waals surface area contributed by atoms with Crippen LogP contribution in [0.5, 0.6) is 0 Å². The summed E-state index contributed by atoms with van der Waals surface area (Å²) in [6, 6.07) is 7.13. The van der Waals surface area contributed by atoms with E-state index >= 15 is 0 Å². The van der Waals surface area contributed by atoms with Crippen molar-refractivity contribution >= 4 is 5.91 Å². The summed E-state index contributed by atoms with van der Waals surface area (Å²) in [5.41, 5.74) is 1.54. The first-order chi connectivity index (χ1) is 11.1. The van der Waals surface area contributed by atoms with Crippen molar-refractivity contribution in [3.05, 3.63) is 64.3 Å². The van der Waals surface area contributed by atoms with E-state index in [0.29, 0.717) is 18.7 Å². The second kappa shape index (κ2) is 6.75. The van der Waals surface area contributed by atoms with Gasteiger partial charge in [-0.25, -0.2) is 0 Å². The Morgan fingerprint density at radius 1 is 1.13 bits per heavy atom. The van der Waals surface area contributed by atoms with E-state index < -0.39 is 0 Å². The van der Waals surface area contributed by atoms with Gasteiger partial charge in [0.05, 0.1) is 0 Å². The molecule has 1 aliphatic rings. The van der Waals surface area contributed by atoms with Crippen molar-refractivity contribution in [1.29, 1.82) is 0 Å². The number of pyridine rings is 2. The van der Waals surface area contributed by atoms with Crippen LogP contribution in [-0.4, -0.2) is 51.4 Å². The summed E-state index contributed by atoms with van der Waals surface area (Å²) < 4.78 is 1.46. The van der Waals surface area contributed by atoms with Crippen LogP contribution in [0.25, 0.3) is 0 Å². The molecular weight excluding hydrogens is 292 g/mol. The number of hydrogen-bond donors (Lipinski definition) is 0. The molecule has 120 valence electrons. The molecule has 0 bridgehead atoms. The average Bonchev–Trinajstić information content (AvgIpc) is 2.58. The molecule has 0 saturated carbocycles. The summed E-state index contributed by atoms with van der Waals surface area (Å²) in [7, 11) is 1.68. The van der Waals surface area contributed by atoms with Gasteiger partial charge >= 0.3 is 0 Å². The third-order valence-electron chi connectivity index (χ3n) is 4.17. The molecule has 0 atom stereocenters. The highest BCUT2D eigenvalue weighted by atomic mass is 16.2. The molecule has 3 heterocycles. The van der Waals surface area contributed by atoms with Crippen molar-refractivity contribution in [3.8, 4) is 0 Å². The van der Waals surface area contributed by atoms with E-state index in [1.54, 1.807) is 31.7 Å². The first-order valence-electron chi connectivity index (χ1n) is 7.71. The Labute approximate surface area is 135 Å². The van der Waals surface area contributed by atoms with E-state index in [9.17, 15) is 9.59 Å². The van der Waals surface area contributed by atoms with Crippen LogP contribution < -0.4 is 5.56 Å². The van der Waals surface area contributed by atoms with Crippen molar-refractivity contribution in [3.63, 3.8) is 0 Å². The zero-order valence-electron chi connectivity index (χ0n) is 13.2. The molecule has 0 N–H and O–H groups in total. The summed E-state index contributed by atoms with van der Waals surface area (Å²) in [6.45, 7) is 3.90. The lowest BCUT2D eigenvalue weighted by Gasteiger charge is -2.34. The molecule has 0 aliphatic carbocycles. The van der Waals surface area contributed by atoms with Gasteiger partial charge < -0.3 is 9.47 Å². The predicted molar refractivity (Wildman–Crippen MR) is 87.1 cm³/mol. The van der Waals surface area contributed by atoms with Gasteiger partial charge in [0, 0.05) is 70.0 Å². The molecular formula is C17H20N4O2. The molecule has 6 nitrogen and oxygen atoms in total. The third-order valence-corrected chi connectivity index (χ3v) is 4.17. The lowest BCUT2D eigenvalue weighted by molar-refractivity contribution is 0.0628. The number of amides is 1. The lowest BCUT2D eigenvalue weighted by atomic mass is 10.2. The van der Waals surface area contributed by atoms with Gasteiger partial charge in [-0.3, -0.25) is 19.5 Å². The maximum atomic E-state index is 12.5. The maximum Gasteiger partial charge on any atom is 0.254 e. The van der Waals surface area contributed by atoms with E-state index in [4.69, 9.17) is 0 Å². The normalized spacial score (nSPS) is 15.6. The largest absolute Gasteiger partial charge is 0.336 e. The SMILES string of the molecule is Cn1ccc(C(=O)N2CCN(Cc3ccncc3)CC2)cc1=O. The van der Waals surface area contributed by atoms with Gasteiger partial charge in [0.1, 0.15) is 0 Å². The fraction of sp³-hybridized carbons (Fsp3) is 0.353. The quantitative estimate of drug-likeness (QED) is 0.839. The van der Waals surface area contributed by atoms with Gasteiger partial charge in [0.15, 0.2) is 0 Å². The fourth-order valence-corrected chi connectivity index (χ4v) is 2.72. The van der Waals surface area contributed by atoms with E-state index in [2.05, 4.69) is 9.88 Å². The van der Waals surface area contributed by atoms with Crippen LogP contribution in [0.15, 0.2) is 47.7 Å². The Kier molecular flexibility index (Phi) is 4.52. The zero-order chi connectivity index (χ0) is 16.2. The van der Waals surface area contributed by atoms with Crippen molar-refractivity contribution < 1.29 is 4.79 Å². The zero-order valence-corrected chi connectivity index (χ0v) is 13.2. The third kappa shape index (κ3) is 3.65. The van der Waals surface area contributed by atoms with E-state index in [0.717, 1.165) is 19.6 Å². The molecule has 0 spiro atoms. The molecule has 0 aromatic carbocycles. The van der Waals surface area contributed by atoms with Crippen LogP contribution in [0.4, 0.5) is 0 Å². The van der Waals surface area contributed by atoms with Crippen LogP contribution in [0.1, 0.15) is 15.9 Å². The van der Waals surface area contributed by atoms with E-state index in [1.165, 1.54) is 16.2 Å². The summed E-state index contributed by atoms with van der Waals surface area (Å²) in [6.07, 6.45) is 5.23. The first kappa shape index (κ1) is 15.4. The molecule has 1 amide bonds. The highest BCUT2D eigenvalue weighted by molar-refractivity contribution is 5.94. The maximum absolute atomic E-state index is 12.5. The van der Waals surface area contributed by atoms with Gasteiger partial charge in [-0.1, -0.05) is 0 Å². The van der Waals surface area contributed by atoms with Crippen LogP contribution in [0, 0.1) is 0 Å². The Morgan fingerprint density at radius 2 is 1.83 bits per heavy atom. The summed E-state index contributed by atoms with van der Waals surface area (Å²) in [4.78, 5) is 32.3. The Hall–Kier alpha value is -2.47. The topological polar surface area (TPSA) is 58.4 Å². The molecule has 6 heteroatoms. The van der Waals surface area contributed by atoms with Crippen molar-refractivity contribution in [2.24, 2.45) is 7.05 Å². The van der Waals surface area contributed by atoms with Gasteiger partial charge in [-0.15, -0.1) is 0 Å². The Morgan fingerprint density at radius 3 is 2.48 bits per heavy atom. The van der Waals surface area contributed by atoms with Gasteiger partial charge in [0.2, 0.25) is 0 Å². The number of aromatic nitrogens is 2. The molecule has 1 fully saturated rings. The minimum atomic E-state index is -0.160. The minimum Gasteiger partial charge on any atom is -0.336 e. The highest BCUT2D eigenvalue weighted by Gasteiger charge is 2.22. The van der Waals surface area contributed by atoms with E-state index in [-0.39, 0.29) is 11.5 Å². The first-order valence-corrected chi connectivity index (χ1v) is 7.71. The number of nitrogens with zero attached hydrogens (tertiary/aromatic N) is 4. The summed E-state index contributed by atoms with van der Waals surface area (Å²) >= 11 is 0. The molecule has 1 aliphatic heterocycles. The predicted octanol–water partition coefficient (Wildman–Crippen LogP) is 0.738. The smallest absolute Gasteiger partial charge is 0.254 e. The van der Waals surface area contributed by atoms with Crippen LogP contribution >= 0.6 is 0 Å². The highest BCUT2D eigenvalue weighted by Crippen LogP contribution is 2.10. The number of hydrogen-bond acceptors (Lipinski definition) is 4. The molecule has 1 saturated heterocycles. The second-order valence-electron chi connectivity index (χ2n) is 5.79. The van der Waals surface area contributed by atoms with Crippen LogP contribution in [0.2, 0.25) is 0 Å². The average molecular weight is 312 g/mol. The summed E-state index contributed by atoms with van der Waals surface area (Å²) in [5.74, 6) is -0.0636. The number of carbonyl (C=O) groups excluding carboxylic acids is 1. The van der Waals surface area contributed by atoms with Gasteiger partial charge in [0.25, 0.3) is 11.5 Å². The number of aryl methyl sites for hydroxylation is 1. The van der Waals surface area contributed by atoms with Crippen molar-refractivity contribution in [1.82, 2.24) is 19.4 Å². The lowest BCUT2D eigenvalue weighted by Crippen LogP contribution is -2.48. The van der Waals surface area contributed by atoms with Crippen LogP contribution in [-0.2, 0) is 13.6 Å². The Bertz CT molecular complexity index is 734. The molecule has 2 aromatic rings. The van der Waals surface area contributed by atoms with Gasteiger partial charge in [-0.2, -0.15) is 0 Å². The van der Waals surface area contributed by atoms with Crippen LogP contribution in [0.3, 0.4) is 0 Å². The second-order valence-corrected chi connectivity index (χ2v) is 5.79. The number of piperazine rings is 1. The van der Waals surface area contributed by atoms with Crippen molar-refractivity contribution in [2.45, 2.75) is 6.54 Å². The minimum absolute atomic E-state index is 0.0636. The number of carbonyl (C=O) groups is 1. The van der Waals surface area contributed by atoms with Crippen molar-refractivity contribution in [2.75, 3.05) is 26.2 Å². The Balaban J connectivity index is 1.59. The summed E-state index contributed by atoms with van der Waals surface area (Å²) in [5, 5.41) is 0. The molecule has 0 unspecified atom stereocenters. The molecule has 0 radical (unpaired) electrons.